The second-order valence-corrected chi connectivity index (χ2v) is 4.38. The summed E-state index contributed by atoms with van der Waals surface area (Å²) in [6.45, 7) is 4.73. The van der Waals surface area contributed by atoms with Crippen LogP contribution in [0, 0.1) is 0 Å². The first-order valence-corrected chi connectivity index (χ1v) is 5.53. The van der Waals surface area contributed by atoms with Crippen molar-refractivity contribution < 1.29 is 4.74 Å². The Hall–Kier alpha value is -0.610. The molecule has 14 heavy (non-hydrogen) atoms. The summed E-state index contributed by atoms with van der Waals surface area (Å²) in [5, 5.41) is 0. The second kappa shape index (κ2) is 4.28. The Labute approximate surface area is 92.2 Å². The van der Waals surface area contributed by atoms with Crippen LogP contribution in [0.1, 0.15) is 6.92 Å². The molecule has 0 aromatic carbocycles. The third kappa shape index (κ3) is 2.25. The topological polar surface area (TPSA) is 25.4 Å². The SMILES string of the molecule is C[C@@H]1CN(c2ccc(Br)cn2)CCO1. The summed E-state index contributed by atoms with van der Waals surface area (Å²) in [5.41, 5.74) is 0. The first-order chi connectivity index (χ1) is 6.75. The normalized spacial score (nSPS) is 22.4. The summed E-state index contributed by atoms with van der Waals surface area (Å²) in [4.78, 5) is 6.61. The fourth-order valence-corrected chi connectivity index (χ4v) is 1.82. The van der Waals surface area contributed by atoms with Crippen molar-refractivity contribution in [2.24, 2.45) is 0 Å². The van der Waals surface area contributed by atoms with Crippen LogP contribution in [0.25, 0.3) is 0 Å². The molecule has 1 atom stereocenters. The molecule has 76 valence electrons. The molecule has 0 aliphatic carbocycles. The highest BCUT2D eigenvalue weighted by Crippen LogP contribution is 2.17. The van der Waals surface area contributed by atoms with Crippen molar-refractivity contribution >= 4 is 21.7 Å². The van der Waals surface area contributed by atoms with Gasteiger partial charge in [-0.15, -0.1) is 0 Å². The third-order valence-electron chi connectivity index (χ3n) is 2.28. The number of morpholine rings is 1. The van der Waals surface area contributed by atoms with Crippen molar-refractivity contribution in [1.82, 2.24) is 4.98 Å². The average Bonchev–Trinajstić information content (AvgIpc) is 2.19. The standard InChI is InChI=1S/C10H13BrN2O/c1-8-7-13(4-5-14-8)10-3-2-9(11)6-12-10/h2-3,6,8H,4-5,7H2,1H3/t8-/m1/s1. The maximum Gasteiger partial charge on any atom is 0.128 e. The molecule has 0 unspecified atom stereocenters. The number of anilines is 1. The predicted octanol–water partition coefficient (Wildman–Crippen LogP) is 2.07. The van der Waals surface area contributed by atoms with Crippen molar-refractivity contribution in [2.75, 3.05) is 24.6 Å². The lowest BCUT2D eigenvalue weighted by atomic mass is 10.3. The lowest BCUT2D eigenvalue weighted by Gasteiger charge is -2.31. The Kier molecular flexibility index (Phi) is 3.03. The van der Waals surface area contributed by atoms with Gasteiger partial charge in [0.25, 0.3) is 0 Å². The lowest BCUT2D eigenvalue weighted by Crippen LogP contribution is -2.41. The number of hydrogen-bond acceptors (Lipinski definition) is 3. The molecule has 2 heterocycles. The van der Waals surface area contributed by atoms with E-state index in [1.54, 1.807) is 0 Å². The summed E-state index contributed by atoms with van der Waals surface area (Å²) in [7, 11) is 0. The number of hydrogen-bond donors (Lipinski definition) is 0. The zero-order valence-corrected chi connectivity index (χ0v) is 9.70. The minimum Gasteiger partial charge on any atom is -0.375 e. The second-order valence-electron chi connectivity index (χ2n) is 3.46. The highest BCUT2D eigenvalue weighted by Gasteiger charge is 2.17. The molecule has 0 radical (unpaired) electrons. The maximum atomic E-state index is 5.47. The van der Waals surface area contributed by atoms with Crippen molar-refractivity contribution in [3.8, 4) is 0 Å². The number of halogens is 1. The molecule has 0 saturated carbocycles. The van der Waals surface area contributed by atoms with E-state index in [0.717, 1.165) is 30.0 Å². The largest absolute Gasteiger partial charge is 0.375 e. The highest BCUT2D eigenvalue weighted by molar-refractivity contribution is 9.10. The van der Waals surface area contributed by atoms with E-state index >= 15 is 0 Å². The Bertz CT molecular complexity index is 301. The zero-order valence-electron chi connectivity index (χ0n) is 8.11. The maximum absolute atomic E-state index is 5.47. The van der Waals surface area contributed by atoms with Crippen LogP contribution in [0.4, 0.5) is 5.82 Å². The van der Waals surface area contributed by atoms with E-state index in [2.05, 4.69) is 32.7 Å². The Balaban J connectivity index is 2.10. The first-order valence-electron chi connectivity index (χ1n) is 4.74. The summed E-state index contributed by atoms with van der Waals surface area (Å²) < 4.78 is 6.49. The van der Waals surface area contributed by atoms with Crippen LogP contribution in [0.3, 0.4) is 0 Å². The van der Waals surface area contributed by atoms with Gasteiger partial charge in [-0.3, -0.25) is 0 Å². The Morgan fingerprint density at radius 1 is 1.57 bits per heavy atom. The van der Waals surface area contributed by atoms with Gasteiger partial charge in [-0.2, -0.15) is 0 Å². The Morgan fingerprint density at radius 2 is 2.43 bits per heavy atom. The molecule has 0 N–H and O–H groups in total. The first kappa shape index (κ1) is 9.93. The molecule has 1 aromatic rings. The molecular formula is C10H13BrN2O. The fourth-order valence-electron chi connectivity index (χ4n) is 1.58. The molecule has 1 fully saturated rings. The lowest BCUT2D eigenvalue weighted by molar-refractivity contribution is 0.0529. The molecule has 0 bridgehead atoms. The molecule has 0 amide bonds. The van der Waals surface area contributed by atoms with Gasteiger partial charge in [0.2, 0.25) is 0 Å². The van der Waals surface area contributed by atoms with E-state index in [4.69, 9.17) is 4.74 Å². The molecule has 1 saturated heterocycles. The van der Waals surface area contributed by atoms with E-state index in [1.807, 2.05) is 18.3 Å². The van der Waals surface area contributed by atoms with Gasteiger partial charge in [0, 0.05) is 23.8 Å². The van der Waals surface area contributed by atoms with Crippen LogP contribution in [0.2, 0.25) is 0 Å². The monoisotopic (exact) mass is 256 g/mol. The fraction of sp³-hybridized carbons (Fsp3) is 0.500. The summed E-state index contributed by atoms with van der Waals surface area (Å²) in [5.74, 6) is 1.03. The summed E-state index contributed by atoms with van der Waals surface area (Å²) >= 11 is 3.38. The van der Waals surface area contributed by atoms with Gasteiger partial charge < -0.3 is 9.64 Å². The minimum absolute atomic E-state index is 0.300. The van der Waals surface area contributed by atoms with Gasteiger partial charge in [0.1, 0.15) is 5.82 Å². The third-order valence-corrected chi connectivity index (χ3v) is 2.75. The van der Waals surface area contributed by atoms with Gasteiger partial charge in [0.05, 0.1) is 12.7 Å². The molecule has 1 aliphatic rings. The van der Waals surface area contributed by atoms with Gasteiger partial charge in [0.15, 0.2) is 0 Å². The van der Waals surface area contributed by atoms with Crippen molar-refractivity contribution in [2.45, 2.75) is 13.0 Å². The van der Waals surface area contributed by atoms with Crippen LogP contribution < -0.4 is 4.90 Å². The molecule has 1 aromatic heterocycles. The molecule has 0 spiro atoms. The smallest absolute Gasteiger partial charge is 0.128 e. The zero-order chi connectivity index (χ0) is 9.97. The van der Waals surface area contributed by atoms with Crippen LogP contribution in [0.15, 0.2) is 22.8 Å². The highest BCUT2D eigenvalue weighted by atomic mass is 79.9. The van der Waals surface area contributed by atoms with Crippen LogP contribution >= 0.6 is 15.9 Å². The average molecular weight is 257 g/mol. The van der Waals surface area contributed by atoms with Crippen LogP contribution in [0.5, 0.6) is 0 Å². The van der Waals surface area contributed by atoms with E-state index in [1.165, 1.54) is 0 Å². The molecule has 3 nitrogen and oxygen atoms in total. The molecule has 4 heteroatoms. The van der Waals surface area contributed by atoms with Gasteiger partial charge >= 0.3 is 0 Å². The molecule has 1 aliphatic heterocycles. The predicted molar refractivity (Wildman–Crippen MR) is 59.6 cm³/mol. The number of aromatic nitrogens is 1. The van der Waals surface area contributed by atoms with Crippen LogP contribution in [-0.4, -0.2) is 30.8 Å². The van der Waals surface area contributed by atoms with E-state index < -0.39 is 0 Å². The van der Waals surface area contributed by atoms with E-state index in [0.29, 0.717) is 6.10 Å². The molecule has 2 rings (SSSR count). The molecular weight excluding hydrogens is 244 g/mol. The minimum atomic E-state index is 0.300. The van der Waals surface area contributed by atoms with Crippen molar-refractivity contribution in [3.05, 3.63) is 22.8 Å². The Morgan fingerprint density at radius 3 is 3.07 bits per heavy atom. The van der Waals surface area contributed by atoms with Gasteiger partial charge in [-0.25, -0.2) is 4.98 Å². The summed E-state index contributed by atoms with van der Waals surface area (Å²) in [6.07, 6.45) is 2.13. The van der Waals surface area contributed by atoms with Crippen LogP contribution in [-0.2, 0) is 4.74 Å². The number of pyridine rings is 1. The quantitative estimate of drug-likeness (QED) is 0.770. The van der Waals surface area contributed by atoms with E-state index in [9.17, 15) is 0 Å². The van der Waals surface area contributed by atoms with Crippen molar-refractivity contribution in [3.63, 3.8) is 0 Å². The number of ether oxygens (including phenoxy) is 1. The number of rotatable bonds is 1. The van der Waals surface area contributed by atoms with Crippen molar-refractivity contribution in [1.29, 1.82) is 0 Å². The number of nitrogens with zero attached hydrogens (tertiary/aromatic N) is 2. The van der Waals surface area contributed by atoms with Gasteiger partial charge in [-0.1, -0.05) is 0 Å². The van der Waals surface area contributed by atoms with Gasteiger partial charge in [-0.05, 0) is 35.0 Å². The van der Waals surface area contributed by atoms with E-state index in [-0.39, 0.29) is 0 Å². The summed E-state index contributed by atoms with van der Waals surface area (Å²) in [6, 6.07) is 4.05.